The van der Waals surface area contributed by atoms with Crippen molar-refractivity contribution in [1.29, 1.82) is 5.26 Å². The van der Waals surface area contributed by atoms with Crippen LogP contribution < -0.4 is 4.90 Å². The normalized spacial score (nSPS) is 10.1. The molecular weight excluding hydrogens is 352 g/mol. The first-order valence-corrected chi connectivity index (χ1v) is 7.83. The monoisotopic (exact) mass is 364 g/mol. The van der Waals surface area contributed by atoms with Gasteiger partial charge in [0.15, 0.2) is 0 Å². The molecule has 5 heteroatoms. The van der Waals surface area contributed by atoms with Gasteiger partial charge in [-0.2, -0.15) is 5.26 Å². The average molecular weight is 365 g/mol. The molecule has 0 amide bonds. The molecule has 0 saturated heterocycles. The molecule has 23 heavy (non-hydrogen) atoms. The third kappa shape index (κ3) is 3.74. The molecule has 0 saturated carbocycles. The van der Waals surface area contributed by atoms with Crippen molar-refractivity contribution in [2.75, 3.05) is 4.90 Å². The molecule has 112 valence electrons. The lowest BCUT2D eigenvalue weighted by molar-refractivity contribution is 0.957. The number of hydrogen-bond donors (Lipinski definition) is 0. The minimum absolute atomic E-state index is 0.640. The van der Waals surface area contributed by atoms with Gasteiger partial charge in [-0.15, -0.1) is 0 Å². The summed E-state index contributed by atoms with van der Waals surface area (Å²) in [5.41, 5.74) is 3.70. The minimum atomic E-state index is 0.640. The van der Waals surface area contributed by atoms with Crippen LogP contribution in [0.3, 0.4) is 0 Å². The van der Waals surface area contributed by atoms with Gasteiger partial charge < -0.3 is 4.90 Å². The standard InChI is InChI=1S/C18H13BrN4/c19-16-5-1-15(2-6-16)12-23(18-10-21-13-22-11-18)17-7-3-14(9-20)4-8-17/h1-8,10-11,13H,12H2. The first-order chi connectivity index (χ1) is 11.3. The lowest BCUT2D eigenvalue weighted by Crippen LogP contribution is -2.16. The Morgan fingerprint density at radius 2 is 1.57 bits per heavy atom. The molecule has 3 aromatic rings. The summed E-state index contributed by atoms with van der Waals surface area (Å²) in [6, 6.07) is 17.8. The molecule has 0 bridgehead atoms. The van der Waals surface area contributed by atoms with Gasteiger partial charge in [0.25, 0.3) is 0 Å². The SMILES string of the molecule is N#Cc1ccc(N(Cc2ccc(Br)cc2)c2cncnc2)cc1. The molecule has 0 radical (unpaired) electrons. The van der Waals surface area contributed by atoms with Crippen molar-refractivity contribution in [3.63, 3.8) is 0 Å². The second-order valence-electron chi connectivity index (χ2n) is 4.97. The molecule has 1 heterocycles. The van der Waals surface area contributed by atoms with E-state index in [1.807, 2.05) is 36.4 Å². The molecule has 0 spiro atoms. The van der Waals surface area contributed by atoms with E-state index in [1.165, 1.54) is 11.9 Å². The summed E-state index contributed by atoms with van der Waals surface area (Å²) in [5.74, 6) is 0. The summed E-state index contributed by atoms with van der Waals surface area (Å²) in [6.45, 7) is 0.687. The number of halogens is 1. The first-order valence-electron chi connectivity index (χ1n) is 7.03. The third-order valence-corrected chi connectivity index (χ3v) is 3.95. The molecule has 0 atom stereocenters. The van der Waals surface area contributed by atoms with Gasteiger partial charge in [-0.1, -0.05) is 28.1 Å². The van der Waals surface area contributed by atoms with Crippen LogP contribution >= 0.6 is 15.9 Å². The third-order valence-electron chi connectivity index (χ3n) is 3.42. The highest BCUT2D eigenvalue weighted by molar-refractivity contribution is 9.10. The Balaban J connectivity index is 1.96. The molecule has 0 aliphatic carbocycles. The first kappa shape index (κ1) is 15.2. The van der Waals surface area contributed by atoms with Gasteiger partial charge in [-0.05, 0) is 42.0 Å². The van der Waals surface area contributed by atoms with E-state index in [9.17, 15) is 0 Å². The maximum absolute atomic E-state index is 8.96. The maximum atomic E-state index is 8.96. The molecule has 0 aliphatic rings. The number of nitriles is 1. The largest absolute Gasteiger partial charge is 0.334 e. The predicted octanol–water partition coefficient (Wildman–Crippen LogP) is 4.45. The van der Waals surface area contributed by atoms with Crippen LogP contribution in [0.4, 0.5) is 11.4 Å². The molecule has 0 unspecified atom stereocenters. The number of rotatable bonds is 4. The van der Waals surface area contributed by atoms with E-state index in [-0.39, 0.29) is 0 Å². The average Bonchev–Trinajstić information content (AvgIpc) is 2.62. The summed E-state index contributed by atoms with van der Waals surface area (Å²) in [4.78, 5) is 10.3. The van der Waals surface area contributed by atoms with Gasteiger partial charge in [0, 0.05) is 16.7 Å². The fourth-order valence-electron chi connectivity index (χ4n) is 2.25. The van der Waals surface area contributed by atoms with Gasteiger partial charge in [0.05, 0.1) is 29.7 Å². The highest BCUT2D eigenvalue weighted by atomic mass is 79.9. The number of benzene rings is 2. The van der Waals surface area contributed by atoms with Crippen LogP contribution in [0, 0.1) is 11.3 Å². The minimum Gasteiger partial charge on any atom is -0.334 e. The van der Waals surface area contributed by atoms with E-state index in [1.54, 1.807) is 12.4 Å². The Morgan fingerprint density at radius 3 is 2.17 bits per heavy atom. The fourth-order valence-corrected chi connectivity index (χ4v) is 2.51. The van der Waals surface area contributed by atoms with Crippen LogP contribution in [0.5, 0.6) is 0 Å². The zero-order valence-corrected chi connectivity index (χ0v) is 13.8. The van der Waals surface area contributed by atoms with E-state index < -0.39 is 0 Å². The van der Waals surface area contributed by atoms with Crippen molar-refractivity contribution in [1.82, 2.24) is 9.97 Å². The highest BCUT2D eigenvalue weighted by Crippen LogP contribution is 2.27. The van der Waals surface area contributed by atoms with Crippen LogP contribution in [0.2, 0.25) is 0 Å². The Morgan fingerprint density at radius 1 is 0.913 bits per heavy atom. The fraction of sp³-hybridized carbons (Fsp3) is 0.0556. The van der Waals surface area contributed by atoms with Crippen molar-refractivity contribution in [2.45, 2.75) is 6.54 Å². The summed E-state index contributed by atoms with van der Waals surface area (Å²) in [5, 5.41) is 8.96. The Hall–Kier alpha value is -2.71. The lowest BCUT2D eigenvalue weighted by Gasteiger charge is -2.24. The number of nitrogens with zero attached hydrogens (tertiary/aromatic N) is 4. The van der Waals surface area contributed by atoms with E-state index in [2.05, 4.69) is 49.0 Å². The van der Waals surface area contributed by atoms with Crippen molar-refractivity contribution < 1.29 is 0 Å². The van der Waals surface area contributed by atoms with Crippen LogP contribution in [0.15, 0.2) is 71.7 Å². The zero-order chi connectivity index (χ0) is 16.1. The van der Waals surface area contributed by atoms with E-state index in [0.29, 0.717) is 12.1 Å². The number of aromatic nitrogens is 2. The second-order valence-corrected chi connectivity index (χ2v) is 5.88. The van der Waals surface area contributed by atoms with Gasteiger partial charge in [0.1, 0.15) is 6.33 Å². The van der Waals surface area contributed by atoms with Crippen LogP contribution in [0.25, 0.3) is 0 Å². The van der Waals surface area contributed by atoms with Crippen LogP contribution in [-0.4, -0.2) is 9.97 Å². The molecule has 0 fully saturated rings. The molecule has 4 nitrogen and oxygen atoms in total. The molecular formula is C18H13BrN4. The summed E-state index contributed by atoms with van der Waals surface area (Å²) in [6.07, 6.45) is 5.08. The molecule has 3 rings (SSSR count). The molecule has 0 N–H and O–H groups in total. The van der Waals surface area contributed by atoms with Crippen LogP contribution in [0.1, 0.15) is 11.1 Å². The molecule has 2 aromatic carbocycles. The van der Waals surface area contributed by atoms with Crippen molar-refractivity contribution >= 4 is 27.3 Å². The van der Waals surface area contributed by atoms with Crippen molar-refractivity contribution in [2.24, 2.45) is 0 Å². The highest BCUT2D eigenvalue weighted by Gasteiger charge is 2.11. The van der Waals surface area contributed by atoms with Crippen molar-refractivity contribution in [3.8, 4) is 6.07 Å². The van der Waals surface area contributed by atoms with Gasteiger partial charge in [-0.25, -0.2) is 9.97 Å². The van der Waals surface area contributed by atoms with Crippen LogP contribution in [-0.2, 0) is 6.54 Å². The predicted molar refractivity (Wildman–Crippen MR) is 93.2 cm³/mol. The zero-order valence-electron chi connectivity index (χ0n) is 12.2. The Labute approximate surface area is 143 Å². The maximum Gasteiger partial charge on any atom is 0.115 e. The lowest BCUT2D eigenvalue weighted by atomic mass is 10.1. The van der Waals surface area contributed by atoms with E-state index in [4.69, 9.17) is 5.26 Å². The van der Waals surface area contributed by atoms with E-state index >= 15 is 0 Å². The smallest absolute Gasteiger partial charge is 0.115 e. The molecule has 0 aliphatic heterocycles. The second kappa shape index (κ2) is 7.03. The Kier molecular flexibility index (Phi) is 4.65. The summed E-state index contributed by atoms with van der Waals surface area (Å²) >= 11 is 3.45. The van der Waals surface area contributed by atoms with E-state index in [0.717, 1.165) is 15.8 Å². The summed E-state index contributed by atoms with van der Waals surface area (Å²) in [7, 11) is 0. The van der Waals surface area contributed by atoms with Gasteiger partial charge in [-0.3, -0.25) is 0 Å². The van der Waals surface area contributed by atoms with Gasteiger partial charge >= 0.3 is 0 Å². The summed E-state index contributed by atoms with van der Waals surface area (Å²) < 4.78 is 1.05. The Bertz CT molecular complexity index is 808. The topological polar surface area (TPSA) is 52.8 Å². The number of anilines is 2. The molecule has 1 aromatic heterocycles. The number of hydrogen-bond acceptors (Lipinski definition) is 4. The quantitative estimate of drug-likeness (QED) is 0.686. The van der Waals surface area contributed by atoms with Crippen molar-refractivity contribution in [3.05, 3.63) is 82.9 Å². The van der Waals surface area contributed by atoms with Gasteiger partial charge in [0.2, 0.25) is 0 Å².